The van der Waals surface area contributed by atoms with Gasteiger partial charge >= 0.3 is 11.9 Å². The van der Waals surface area contributed by atoms with Gasteiger partial charge in [-0.15, -0.1) is 0 Å². The van der Waals surface area contributed by atoms with Gasteiger partial charge in [-0.1, -0.05) is 0 Å². The summed E-state index contributed by atoms with van der Waals surface area (Å²) in [6.07, 6.45) is 3.50. The Morgan fingerprint density at radius 2 is 0.955 bits per heavy atom. The smallest absolute Gasteiger partial charge is 0.306 e. The van der Waals surface area contributed by atoms with E-state index in [4.69, 9.17) is 52.1 Å². The van der Waals surface area contributed by atoms with E-state index in [1.807, 2.05) is 24.3 Å². The molecule has 0 aromatic heterocycles. The predicted molar refractivity (Wildman–Crippen MR) is 253 cm³/mol. The number of carbonyl (C=O) groups excluding carboxylic acids is 2. The van der Waals surface area contributed by atoms with E-state index in [-0.39, 0.29) is 38.1 Å². The van der Waals surface area contributed by atoms with Crippen LogP contribution in [0.3, 0.4) is 0 Å². The van der Waals surface area contributed by atoms with Gasteiger partial charge in [0.2, 0.25) is 5.75 Å². The third-order valence-corrected chi connectivity index (χ3v) is 13.7. The van der Waals surface area contributed by atoms with Crippen LogP contribution in [-0.2, 0) is 38.3 Å². The Kier molecular flexibility index (Phi) is 17.0. The highest BCUT2D eigenvalue weighted by atomic mass is 16.5. The lowest BCUT2D eigenvalue weighted by Crippen LogP contribution is -2.52. The molecule has 2 heterocycles. The topological polar surface area (TPSA) is 136 Å². The number of hydrogen-bond acceptors (Lipinski definition) is 13. The number of ether oxygens (including phenoxy) is 11. The molecule has 15 heteroatoms. The average Bonchev–Trinajstić information content (AvgIpc) is 3.35. The van der Waals surface area contributed by atoms with Gasteiger partial charge in [0, 0.05) is 48.8 Å². The zero-order chi connectivity index (χ0) is 48.3. The first-order valence-electron chi connectivity index (χ1n) is 22.8. The highest BCUT2D eigenvalue weighted by Gasteiger charge is 2.42. The van der Waals surface area contributed by atoms with Crippen molar-refractivity contribution in [1.29, 1.82) is 0 Å². The first kappa shape index (κ1) is 50.4. The molecule has 0 N–H and O–H groups in total. The minimum absolute atomic E-state index is 0.0246. The molecule has 0 aliphatic carbocycles. The van der Waals surface area contributed by atoms with Crippen molar-refractivity contribution in [3.63, 3.8) is 0 Å². The molecule has 67 heavy (non-hydrogen) atoms. The lowest BCUT2D eigenvalue weighted by molar-refractivity contribution is -0.941. The van der Waals surface area contributed by atoms with Crippen LogP contribution in [0.15, 0.2) is 54.6 Å². The van der Waals surface area contributed by atoms with E-state index in [0.717, 1.165) is 55.7 Å². The summed E-state index contributed by atoms with van der Waals surface area (Å²) < 4.78 is 63.8. The molecular formula is C52H70N2O13+2. The second-order valence-electron chi connectivity index (χ2n) is 17.6. The zero-order valence-corrected chi connectivity index (χ0v) is 41.2. The van der Waals surface area contributed by atoms with Crippen molar-refractivity contribution in [2.45, 2.75) is 57.0 Å². The molecule has 6 rings (SSSR count). The Morgan fingerprint density at radius 1 is 0.507 bits per heavy atom. The number of rotatable bonds is 23. The fraction of sp³-hybridized carbons (Fsp3) is 0.500. The molecule has 15 nitrogen and oxygen atoms in total. The molecule has 0 saturated carbocycles. The van der Waals surface area contributed by atoms with E-state index in [0.29, 0.717) is 80.0 Å². The molecule has 4 aromatic carbocycles. The maximum absolute atomic E-state index is 12.9. The highest BCUT2D eigenvalue weighted by Crippen LogP contribution is 2.47. The van der Waals surface area contributed by atoms with Gasteiger partial charge in [-0.3, -0.25) is 9.59 Å². The molecule has 2 aliphatic heterocycles. The van der Waals surface area contributed by atoms with Gasteiger partial charge in [-0.25, -0.2) is 0 Å². The van der Waals surface area contributed by atoms with Crippen molar-refractivity contribution in [3.05, 3.63) is 88.0 Å². The summed E-state index contributed by atoms with van der Waals surface area (Å²) in [5, 5.41) is 0. The number of carbonyl (C=O) groups is 2. The number of fused-ring (bicyclic) bond motifs is 2. The van der Waals surface area contributed by atoms with Crippen molar-refractivity contribution in [3.8, 4) is 51.7 Å². The molecule has 4 unspecified atom stereocenters. The molecule has 364 valence electrons. The van der Waals surface area contributed by atoms with Crippen LogP contribution in [0.5, 0.6) is 51.7 Å². The van der Waals surface area contributed by atoms with E-state index < -0.39 is 11.9 Å². The van der Waals surface area contributed by atoms with E-state index >= 15 is 0 Å². The van der Waals surface area contributed by atoms with Gasteiger partial charge < -0.3 is 61.1 Å². The SMILES string of the molecule is COc1ccc(C2c3cc(OC)c(OC)cc3CC[N+]2(C)CCCOC(=O)CCC(=O)OCCC[N+]2(C)CCc3cc(OC)c(OC)cc3C2Cc2cc(OC)c(OC)c(OC)c2)cc1OC. The third kappa shape index (κ3) is 11.2. The molecular weight excluding hydrogens is 861 g/mol. The number of esters is 2. The van der Waals surface area contributed by atoms with E-state index in [9.17, 15) is 9.59 Å². The van der Waals surface area contributed by atoms with Crippen LogP contribution >= 0.6 is 0 Å². The van der Waals surface area contributed by atoms with E-state index in [1.54, 1.807) is 64.0 Å². The number of methoxy groups -OCH3 is 9. The molecule has 0 spiro atoms. The Bertz CT molecular complexity index is 2330. The fourth-order valence-corrected chi connectivity index (χ4v) is 10.0. The standard InChI is InChI=1S/C52H70N2O13/c1-53(22-18-35-29-43(59-5)45(61-7)32-38(35)40(53)26-34-27-47(63-9)52(65-11)48(28-34)64-10)20-12-24-66-49(55)16-17-50(56)67-25-13-21-54(2)23-19-36-30-44(60-6)46(62-8)33-39(36)51(54)37-14-15-41(57-3)42(31-37)58-4/h14-15,27-33,40,51H,12-13,16-26H2,1-11H3/q+2. The molecule has 0 saturated heterocycles. The first-order chi connectivity index (χ1) is 32.3. The van der Waals surface area contributed by atoms with Crippen molar-refractivity contribution in [2.24, 2.45) is 0 Å². The van der Waals surface area contributed by atoms with Crippen molar-refractivity contribution < 1.29 is 70.7 Å². The largest absolute Gasteiger partial charge is 0.493 e. The van der Waals surface area contributed by atoms with Crippen LogP contribution in [0.4, 0.5) is 0 Å². The summed E-state index contributed by atoms with van der Waals surface area (Å²) in [6.45, 7) is 3.66. The predicted octanol–water partition coefficient (Wildman–Crippen LogP) is 7.49. The Morgan fingerprint density at radius 3 is 1.46 bits per heavy atom. The highest BCUT2D eigenvalue weighted by molar-refractivity contribution is 5.77. The summed E-state index contributed by atoms with van der Waals surface area (Å²) in [5.41, 5.74) is 6.81. The summed E-state index contributed by atoms with van der Waals surface area (Å²) >= 11 is 0. The van der Waals surface area contributed by atoms with Gasteiger partial charge in [-0.2, -0.15) is 0 Å². The minimum atomic E-state index is -0.427. The van der Waals surface area contributed by atoms with E-state index in [1.165, 1.54) is 16.7 Å². The molecule has 0 fully saturated rings. The lowest BCUT2D eigenvalue weighted by Gasteiger charge is -2.46. The molecule has 0 amide bonds. The molecule has 2 aliphatic rings. The Labute approximate surface area is 395 Å². The number of benzene rings is 4. The van der Waals surface area contributed by atoms with Gasteiger partial charge in [0.25, 0.3) is 0 Å². The van der Waals surface area contributed by atoms with Crippen molar-refractivity contribution in [1.82, 2.24) is 0 Å². The van der Waals surface area contributed by atoms with Gasteiger partial charge in [-0.05, 0) is 71.3 Å². The summed E-state index contributed by atoms with van der Waals surface area (Å²) in [7, 11) is 19.2. The summed E-state index contributed by atoms with van der Waals surface area (Å²) in [5.74, 6) is 4.90. The van der Waals surface area contributed by atoms with Crippen LogP contribution in [0.25, 0.3) is 0 Å². The quantitative estimate of drug-likeness (QED) is 0.0414. The van der Waals surface area contributed by atoms with Crippen LogP contribution in [0.1, 0.15) is 71.1 Å². The minimum Gasteiger partial charge on any atom is -0.493 e. The monoisotopic (exact) mass is 930 g/mol. The van der Waals surface area contributed by atoms with Gasteiger partial charge in [0.15, 0.2) is 46.0 Å². The average molecular weight is 931 g/mol. The van der Waals surface area contributed by atoms with Crippen LogP contribution in [0.2, 0.25) is 0 Å². The van der Waals surface area contributed by atoms with Crippen LogP contribution in [0, 0.1) is 0 Å². The Balaban J connectivity index is 1.04. The van der Waals surface area contributed by atoms with Gasteiger partial charge in [0.1, 0.15) is 12.1 Å². The number of quaternary nitrogens is 2. The van der Waals surface area contributed by atoms with Crippen molar-refractivity contribution in [2.75, 3.05) is 117 Å². The lowest BCUT2D eigenvalue weighted by atomic mass is 9.85. The fourth-order valence-electron chi connectivity index (χ4n) is 10.0. The summed E-state index contributed by atoms with van der Waals surface area (Å²) in [4.78, 5) is 25.9. The van der Waals surface area contributed by atoms with E-state index in [2.05, 4.69) is 44.4 Å². The zero-order valence-electron chi connectivity index (χ0n) is 41.2. The Hall–Kier alpha value is -6.06. The normalized spacial score (nSPS) is 19.5. The third-order valence-electron chi connectivity index (χ3n) is 13.7. The number of likely N-dealkylation sites (N-methyl/N-ethyl adjacent to an activating group) is 2. The number of hydrogen-bond donors (Lipinski definition) is 0. The second kappa shape index (κ2) is 22.6. The van der Waals surface area contributed by atoms with Crippen LogP contribution < -0.4 is 42.6 Å². The second-order valence-corrected chi connectivity index (χ2v) is 17.6. The molecule has 4 aromatic rings. The van der Waals surface area contributed by atoms with Crippen LogP contribution in [-0.4, -0.2) is 138 Å². The molecule has 0 radical (unpaired) electrons. The summed E-state index contributed by atoms with van der Waals surface area (Å²) in [6, 6.07) is 18.3. The van der Waals surface area contributed by atoms with Gasteiger partial charge in [0.05, 0.1) is 130 Å². The number of nitrogens with zero attached hydrogens (tertiary/aromatic N) is 2. The molecule has 4 atom stereocenters. The first-order valence-corrected chi connectivity index (χ1v) is 22.8. The maximum Gasteiger partial charge on any atom is 0.306 e. The molecule has 0 bridgehead atoms. The maximum atomic E-state index is 12.9. The van der Waals surface area contributed by atoms with Crippen molar-refractivity contribution >= 4 is 11.9 Å².